The monoisotopic (exact) mass is 291 g/mol. The third-order valence-corrected chi connectivity index (χ3v) is 3.66. The van der Waals surface area contributed by atoms with E-state index >= 15 is 0 Å². The lowest BCUT2D eigenvalue weighted by molar-refractivity contribution is 0.0727. The number of halogens is 2. The normalized spacial score (nSPS) is 14.2. The van der Waals surface area contributed by atoms with Crippen molar-refractivity contribution in [2.45, 2.75) is 32.4 Å². The maximum absolute atomic E-state index is 13.8. The summed E-state index contributed by atoms with van der Waals surface area (Å²) in [5.41, 5.74) is 1.49. The second kappa shape index (κ2) is 5.27. The van der Waals surface area contributed by atoms with Crippen LogP contribution in [0.3, 0.4) is 0 Å². The summed E-state index contributed by atoms with van der Waals surface area (Å²) in [5.74, 6) is -1.42. The van der Waals surface area contributed by atoms with Crippen LogP contribution in [0, 0.1) is 18.6 Å². The lowest BCUT2D eigenvalue weighted by atomic mass is 10.1. The van der Waals surface area contributed by atoms with Crippen LogP contribution in [-0.4, -0.2) is 27.0 Å². The van der Waals surface area contributed by atoms with Crippen molar-refractivity contribution in [2.75, 3.05) is 0 Å². The summed E-state index contributed by atoms with van der Waals surface area (Å²) in [4.78, 5) is 14.2. The highest BCUT2D eigenvalue weighted by Crippen LogP contribution is 2.30. The van der Waals surface area contributed by atoms with Crippen molar-refractivity contribution >= 4 is 5.91 Å². The molecule has 1 N–H and O–H groups in total. The highest BCUT2D eigenvalue weighted by atomic mass is 19.1. The van der Waals surface area contributed by atoms with Crippen LogP contribution in [0.4, 0.5) is 8.78 Å². The van der Waals surface area contributed by atoms with Crippen LogP contribution >= 0.6 is 0 Å². The second-order valence-electron chi connectivity index (χ2n) is 5.31. The molecule has 0 unspecified atom stereocenters. The van der Waals surface area contributed by atoms with Gasteiger partial charge in [-0.05, 0) is 25.8 Å². The lowest BCUT2D eigenvalue weighted by Gasteiger charge is -2.22. The zero-order chi connectivity index (χ0) is 15.0. The summed E-state index contributed by atoms with van der Waals surface area (Å²) in [6, 6.07) is 3.55. The fourth-order valence-electron chi connectivity index (χ4n) is 2.31. The molecule has 0 bridgehead atoms. The first-order chi connectivity index (χ1) is 10.1. The van der Waals surface area contributed by atoms with E-state index in [1.807, 2.05) is 0 Å². The molecule has 3 rings (SSSR count). The van der Waals surface area contributed by atoms with Crippen LogP contribution in [0.5, 0.6) is 0 Å². The Morgan fingerprint density at radius 1 is 1.43 bits per heavy atom. The van der Waals surface area contributed by atoms with Gasteiger partial charge in [-0.2, -0.15) is 5.10 Å². The predicted molar refractivity (Wildman–Crippen MR) is 72.6 cm³/mol. The Kier molecular flexibility index (Phi) is 3.45. The second-order valence-corrected chi connectivity index (χ2v) is 5.31. The molecule has 0 atom stereocenters. The number of H-pyrrole nitrogens is 1. The summed E-state index contributed by atoms with van der Waals surface area (Å²) < 4.78 is 26.7. The van der Waals surface area contributed by atoms with Gasteiger partial charge in [-0.3, -0.25) is 9.89 Å². The molecule has 1 saturated carbocycles. The number of nitrogens with one attached hydrogen (secondary N) is 1. The Bertz CT molecular complexity index is 679. The van der Waals surface area contributed by atoms with E-state index in [0.29, 0.717) is 16.8 Å². The molecule has 1 aliphatic rings. The van der Waals surface area contributed by atoms with Gasteiger partial charge in [0.15, 0.2) is 0 Å². The number of nitrogens with zero attached hydrogens (tertiary/aromatic N) is 2. The summed E-state index contributed by atoms with van der Waals surface area (Å²) in [6.07, 6.45) is 3.30. The van der Waals surface area contributed by atoms with Gasteiger partial charge in [0.1, 0.15) is 11.6 Å². The van der Waals surface area contributed by atoms with Gasteiger partial charge < -0.3 is 4.90 Å². The average Bonchev–Trinajstić information content (AvgIpc) is 3.19. The van der Waals surface area contributed by atoms with Crippen molar-refractivity contribution in [3.63, 3.8) is 0 Å². The molecule has 4 nitrogen and oxygen atoms in total. The van der Waals surface area contributed by atoms with E-state index in [2.05, 4.69) is 10.2 Å². The molecule has 0 saturated heterocycles. The fraction of sp³-hybridized carbons (Fsp3) is 0.333. The van der Waals surface area contributed by atoms with Gasteiger partial charge in [0.2, 0.25) is 0 Å². The Balaban J connectivity index is 1.85. The van der Waals surface area contributed by atoms with Gasteiger partial charge in [0.25, 0.3) is 5.91 Å². The molecular formula is C15H15F2N3O. The van der Waals surface area contributed by atoms with Crippen molar-refractivity contribution in [1.29, 1.82) is 0 Å². The maximum Gasteiger partial charge on any atom is 0.257 e. The van der Waals surface area contributed by atoms with Crippen molar-refractivity contribution in [3.8, 4) is 0 Å². The summed E-state index contributed by atoms with van der Waals surface area (Å²) >= 11 is 0. The van der Waals surface area contributed by atoms with Crippen molar-refractivity contribution in [1.82, 2.24) is 15.1 Å². The molecule has 0 spiro atoms. The minimum atomic E-state index is -0.627. The van der Waals surface area contributed by atoms with Gasteiger partial charge >= 0.3 is 0 Å². The quantitative estimate of drug-likeness (QED) is 0.941. The minimum Gasteiger partial charge on any atom is -0.331 e. The third kappa shape index (κ3) is 2.79. The van der Waals surface area contributed by atoms with E-state index in [9.17, 15) is 13.6 Å². The van der Waals surface area contributed by atoms with Crippen molar-refractivity contribution in [2.24, 2.45) is 0 Å². The number of hydrogen-bond acceptors (Lipinski definition) is 2. The lowest BCUT2D eigenvalue weighted by Crippen LogP contribution is -2.33. The van der Waals surface area contributed by atoms with Crippen LogP contribution < -0.4 is 0 Å². The topological polar surface area (TPSA) is 49.0 Å². The molecule has 0 aliphatic heterocycles. The molecule has 21 heavy (non-hydrogen) atoms. The van der Waals surface area contributed by atoms with Crippen LogP contribution in [0.15, 0.2) is 24.4 Å². The number of amides is 1. The molecule has 110 valence electrons. The third-order valence-electron chi connectivity index (χ3n) is 3.66. The van der Waals surface area contributed by atoms with E-state index in [1.54, 1.807) is 11.8 Å². The summed E-state index contributed by atoms with van der Waals surface area (Å²) in [7, 11) is 0. The molecule has 6 heteroatoms. The fourth-order valence-corrected chi connectivity index (χ4v) is 2.31. The predicted octanol–water partition coefficient (Wildman–Crippen LogP) is 2.80. The zero-order valence-corrected chi connectivity index (χ0v) is 11.6. The van der Waals surface area contributed by atoms with Gasteiger partial charge in [0.05, 0.1) is 11.8 Å². The van der Waals surface area contributed by atoms with E-state index in [-0.39, 0.29) is 18.5 Å². The van der Waals surface area contributed by atoms with Gasteiger partial charge in [-0.1, -0.05) is 6.07 Å². The largest absolute Gasteiger partial charge is 0.331 e. The molecule has 1 fully saturated rings. The number of aryl methyl sites for hydroxylation is 1. The number of carbonyl (C=O) groups excluding carboxylic acids is 1. The van der Waals surface area contributed by atoms with Crippen molar-refractivity contribution < 1.29 is 13.6 Å². The number of aromatic nitrogens is 2. The first-order valence-corrected chi connectivity index (χ1v) is 6.81. The molecule has 1 aromatic heterocycles. The van der Waals surface area contributed by atoms with Gasteiger partial charge in [0, 0.05) is 29.9 Å². The number of benzene rings is 1. The smallest absolute Gasteiger partial charge is 0.257 e. The van der Waals surface area contributed by atoms with E-state index in [4.69, 9.17) is 0 Å². The van der Waals surface area contributed by atoms with Gasteiger partial charge in [-0.25, -0.2) is 8.78 Å². The Hall–Kier alpha value is -2.24. The van der Waals surface area contributed by atoms with Crippen molar-refractivity contribution in [3.05, 3.63) is 52.9 Å². The number of hydrogen-bond donors (Lipinski definition) is 1. The summed E-state index contributed by atoms with van der Waals surface area (Å²) in [5, 5.41) is 6.57. The van der Waals surface area contributed by atoms with E-state index < -0.39 is 11.6 Å². The highest BCUT2D eigenvalue weighted by Gasteiger charge is 2.34. The first kappa shape index (κ1) is 13.7. The van der Waals surface area contributed by atoms with Gasteiger partial charge in [-0.15, -0.1) is 0 Å². The molecule has 1 heterocycles. The Morgan fingerprint density at radius 2 is 2.19 bits per heavy atom. The summed E-state index contributed by atoms with van der Waals surface area (Å²) in [6.45, 7) is 1.91. The number of carbonyl (C=O) groups is 1. The highest BCUT2D eigenvalue weighted by molar-refractivity contribution is 5.95. The zero-order valence-electron chi connectivity index (χ0n) is 11.6. The average molecular weight is 291 g/mol. The molecule has 2 aromatic rings. The Labute approximate surface area is 120 Å². The number of aromatic amines is 1. The molecule has 0 radical (unpaired) electrons. The standard InChI is InChI=1S/C15H15F2N3O/c1-9-13(7-18-19-9)15(21)20(12-4-5-12)8-10-2-3-11(16)6-14(10)17/h2-3,6-7,12H,4-5,8H2,1H3,(H,18,19). The first-order valence-electron chi connectivity index (χ1n) is 6.81. The Morgan fingerprint density at radius 3 is 2.76 bits per heavy atom. The number of rotatable bonds is 4. The van der Waals surface area contributed by atoms with Crippen LogP contribution in [0.1, 0.15) is 34.5 Å². The molecule has 1 aliphatic carbocycles. The SMILES string of the molecule is Cc1[nH]ncc1C(=O)N(Cc1ccc(F)cc1F)C1CC1. The van der Waals surface area contributed by atoms with E-state index in [1.165, 1.54) is 18.3 Å². The van der Waals surface area contributed by atoms with Crippen LogP contribution in [-0.2, 0) is 6.54 Å². The van der Waals surface area contributed by atoms with E-state index in [0.717, 1.165) is 18.9 Å². The minimum absolute atomic E-state index is 0.122. The molecule has 1 aromatic carbocycles. The molecule has 1 amide bonds. The van der Waals surface area contributed by atoms with Crippen LogP contribution in [0.25, 0.3) is 0 Å². The van der Waals surface area contributed by atoms with Crippen LogP contribution in [0.2, 0.25) is 0 Å². The molecular weight excluding hydrogens is 276 g/mol. The maximum atomic E-state index is 13.8.